The average molecular weight is 1150 g/mol. The van der Waals surface area contributed by atoms with Crippen molar-refractivity contribution in [2.45, 2.75) is 227 Å². The van der Waals surface area contributed by atoms with Crippen molar-refractivity contribution in [3.8, 4) is 0 Å². The smallest absolute Gasteiger partial charge is 0.311 e. The largest absolute Gasteiger partial charge is 0.481 e. The number of aliphatic hydroxyl groups excluding tert-OH is 11. The Balaban J connectivity index is 1.57. The molecule has 0 aromatic heterocycles. The summed E-state index contributed by atoms with van der Waals surface area (Å²) in [5.74, 6) is -8.46. The highest BCUT2D eigenvalue weighted by atomic mass is 16.7. The number of ether oxygens (including phenoxy) is 5. The van der Waals surface area contributed by atoms with Crippen LogP contribution in [0.15, 0.2) is 85.1 Å². The average Bonchev–Trinajstić information content (AvgIpc) is 3.39. The van der Waals surface area contributed by atoms with Gasteiger partial charge in [-0.2, -0.15) is 0 Å². The van der Waals surface area contributed by atoms with Crippen molar-refractivity contribution in [1.82, 2.24) is 5.32 Å². The quantitative estimate of drug-likeness (QED) is 0.119. The van der Waals surface area contributed by atoms with Crippen LogP contribution in [0.25, 0.3) is 0 Å². The lowest BCUT2D eigenvalue weighted by Crippen LogP contribution is -2.66. The summed E-state index contributed by atoms with van der Waals surface area (Å²) in [6, 6.07) is -2.38. The number of hydrogen-bond donors (Lipinski definition) is 15. The van der Waals surface area contributed by atoms with Gasteiger partial charge in [0.05, 0.1) is 91.8 Å². The van der Waals surface area contributed by atoms with E-state index in [1.165, 1.54) is 13.0 Å². The van der Waals surface area contributed by atoms with Gasteiger partial charge < -0.3 is 101 Å². The summed E-state index contributed by atoms with van der Waals surface area (Å²) in [4.78, 5) is 37.6. The molecule has 0 aromatic rings. The van der Waals surface area contributed by atoms with E-state index in [1.54, 1.807) is 51.2 Å². The fraction of sp³-hybridized carbons (Fsp3) is 0.707. The third-order valence-corrected chi connectivity index (χ3v) is 15.5. The molecule has 1 amide bonds. The molecule has 0 aromatic carbocycles. The molecular formula is C58H92N2O21. The first-order valence-electron chi connectivity index (χ1n) is 28.1. The Kier molecular flexibility index (Phi) is 29.1. The van der Waals surface area contributed by atoms with Crippen LogP contribution in [0.2, 0.25) is 0 Å². The van der Waals surface area contributed by atoms with Gasteiger partial charge in [0, 0.05) is 50.5 Å². The molecule has 2 bridgehead atoms. The minimum Gasteiger partial charge on any atom is -0.481 e. The Morgan fingerprint density at radius 1 is 0.691 bits per heavy atom. The van der Waals surface area contributed by atoms with Crippen LogP contribution in [-0.2, 0) is 38.1 Å². The Morgan fingerprint density at radius 3 is 1.94 bits per heavy atom. The maximum Gasteiger partial charge on any atom is 0.311 e. The fourth-order valence-corrected chi connectivity index (χ4v) is 10.7. The summed E-state index contributed by atoms with van der Waals surface area (Å²) in [5.41, 5.74) is 6.60. The van der Waals surface area contributed by atoms with Crippen LogP contribution < -0.4 is 11.1 Å². The van der Waals surface area contributed by atoms with Gasteiger partial charge in [-0.15, -0.1) is 0 Å². The monoisotopic (exact) mass is 1150 g/mol. The van der Waals surface area contributed by atoms with Crippen molar-refractivity contribution in [3.05, 3.63) is 85.1 Å². The molecule has 460 valence electrons. The van der Waals surface area contributed by atoms with Crippen LogP contribution in [0.4, 0.5) is 0 Å². The number of aliphatic hydroxyl groups is 12. The van der Waals surface area contributed by atoms with E-state index >= 15 is 0 Å². The number of cyclic esters (lactones) is 1. The lowest BCUT2D eigenvalue weighted by Gasteiger charge is -2.48. The van der Waals surface area contributed by atoms with Gasteiger partial charge in [-0.25, -0.2) is 0 Å². The predicted octanol–water partition coefficient (Wildman–Crippen LogP) is 0.124. The Labute approximate surface area is 474 Å². The van der Waals surface area contributed by atoms with E-state index < -0.39 is 190 Å². The van der Waals surface area contributed by atoms with Crippen LogP contribution >= 0.6 is 0 Å². The number of hydrogen-bond acceptors (Lipinski definition) is 21. The minimum atomic E-state index is -2.43. The van der Waals surface area contributed by atoms with Gasteiger partial charge in [-0.05, 0) is 58.8 Å². The third kappa shape index (κ3) is 22.1. The van der Waals surface area contributed by atoms with Crippen molar-refractivity contribution in [2.75, 3.05) is 6.61 Å². The van der Waals surface area contributed by atoms with Gasteiger partial charge in [0.2, 0.25) is 5.91 Å². The molecule has 3 aliphatic heterocycles. The number of nitrogens with one attached hydrogen (secondary N) is 1. The molecule has 24 atom stereocenters. The van der Waals surface area contributed by atoms with Gasteiger partial charge in [-0.3, -0.25) is 14.4 Å². The van der Waals surface area contributed by atoms with Crippen LogP contribution in [-0.4, -0.2) is 213 Å². The standard InChI is InChI=1S/C58H92N2O21/c1-32-20-18-16-14-12-10-8-6-7-9-11-13-15-17-19-21-41(79-57-53(72)49(59)55(35(4)78-57)80-46-24-37(31-61)52(71)54(73)50(46)60-36(5)62)28-45-48(56(74)75)44(68)30-58(76,81-45)29-43(67)42(66)23-22-38(63)25-39(64)26-40(65)27-47(69)77-34(3)33(2)51(32)70/h7-11,13-21,32-35,37-46,48-55,57,61,63-68,70-73,76H,6,12,22-31,59H2,1-5H3,(H,60,62)(H,74,75)/b9-7+,10-8+,13-11+,16-14+,17-15+,20-18+,21-19+. The van der Waals surface area contributed by atoms with Gasteiger partial charge in [0.15, 0.2) is 12.1 Å². The molecule has 4 aliphatic rings. The zero-order valence-corrected chi connectivity index (χ0v) is 47.0. The molecule has 0 spiro atoms. The zero-order valence-electron chi connectivity index (χ0n) is 47.0. The molecule has 0 radical (unpaired) electrons. The zero-order chi connectivity index (χ0) is 60.1. The third-order valence-electron chi connectivity index (χ3n) is 15.5. The first kappa shape index (κ1) is 69.4. The SMILES string of the molecule is CC(=O)NC1C(OC2C(C)OC(OC3/C=C/C=C/C=C/C=C/C/C=C/C/C=C/C=C/C(C)C(O)C(C)C(C)OC(=O)CC(O)CC(O)CC(O)CCC(O)C(O)CC4(O)CC(O)C(C(=O)O)C(C3)O4)C(O)C2N)CC(CO)C(O)C1O. The molecule has 1 saturated carbocycles. The summed E-state index contributed by atoms with van der Waals surface area (Å²) in [5, 5.41) is 144. The van der Waals surface area contributed by atoms with Crippen molar-refractivity contribution in [3.63, 3.8) is 0 Å². The Bertz CT molecular complexity index is 2140. The maximum absolute atomic E-state index is 12.8. The van der Waals surface area contributed by atoms with E-state index in [1.807, 2.05) is 55.5 Å². The number of aliphatic carboxylic acids is 1. The summed E-state index contributed by atoms with van der Waals surface area (Å²) >= 11 is 0. The highest BCUT2D eigenvalue weighted by Gasteiger charge is 2.52. The minimum absolute atomic E-state index is 0.0121. The molecule has 23 nitrogen and oxygen atoms in total. The molecule has 24 unspecified atom stereocenters. The second kappa shape index (κ2) is 34.0. The second-order valence-corrected chi connectivity index (χ2v) is 22.2. The van der Waals surface area contributed by atoms with E-state index in [-0.39, 0.29) is 38.0 Å². The molecule has 81 heavy (non-hydrogen) atoms. The number of carboxylic acids is 1. The van der Waals surface area contributed by atoms with E-state index in [0.29, 0.717) is 12.8 Å². The molecule has 23 heteroatoms. The number of nitrogens with two attached hydrogens (primary N) is 1. The van der Waals surface area contributed by atoms with E-state index in [0.717, 1.165) is 0 Å². The van der Waals surface area contributed by atoms with Crippen LogP contribution in [0.1, 0.15) is 105 Å². The van der Waals surface area contributed by atoms with Gasteiger partial charge in [0.1, 0.15) is 30.3 Å². The maximum atomic E-state index is 12.8. The van der Waals surface area contributed by atoms with E-state index in [2.05, 4.69) is 5.32 Å². The van der Waals surface area contributed by atoms with Crippen molar-refractivity contribution >= 4 is 17.8 Å². The number of fused-ring (bicyclic) bond motifs is 2. The van der Waals surface area contributed by atoms with E-state index in [4.69, 9.17) is 29.4 Å². The highest BCUT2D eigenvalue weighted by Crippen LogP contribution is 2.39. The molecule has 16 N–H and O–H groups in total. The second-order valence-electron chi connectivity index (χ2n) is 22.2. The molecule has 3 heterocycles. The van der Waals surface area contributed by atoms with Gasteiger partial charge in [-0.1, -0.05) is 98.9 Å². The number of carboxylic acid groups (broad SMARTS) is 1. The fourth-order valence-electron chi connectivity index (χ4n) is 10.7. The lowest BCUT2D eigenvalue weighted by molar-refractivity contribution is -0.312. The molecule has 4 rings (SSSR count). The normalized spacial score (nSPS) is 44.8. The number of allylic oxidation sites excluding steroid dienone is 12. The molecular weight excluding hydrogens is 1060 g/mol. The topological polar surface area (TPSA) is 398 Å². The lowest BCUT2D eigenvalue weighted by atomic mass is 9.79. The Hall–Kier alpha value is -4.09. The molecule has 3 fully saturated rings. The summed E-state index contributed by atoms with van der Waals surface area (Å²) in [6.07, 6.45) is 0.618. The van der Waals surface area contributed by atoms with Crippen LogP contribution in [0.5, 0.6) is 0 Å². The van der Waals surface area contributed by atoms with E-state index in [9.17, 15) is 80.8 Å². The van der Waals surface area contributed by atoms with Crippen molar-refractivity contribution < 1.29 is 104 Å². The van der Waals surface area contributed by atoms with Gasteiger partial charge in [0.25, 0.3) is 0 Å². The highest BCUT2D eigenvalue weighted by molar-refractivity contribution is 5.73. The summed E-state index contributed by atoms with van der Waals surface area (Å²) in [7, 11) is 0. The van der Waals surface area contributed by atoms with Crippen molar-refractivity contribution in [2.24, 2.45) is 29.4 Å². The number of carbonyl (C=O) groups is 3. The Morgan fingerprint density at radius 2 is 1.30 bits per heavy atom. The van der Waals surface area contributed by atoms with Crippen LogP contribution in [0.3, 0.4) is 0 Å². The number of amides is 1. The predicted molar refractivity (Wildman–Crippen MR) is 294 cm³/mol. The first-order valence-corrected chi connectivity index (χ1v) is 28.1. The van der Waals surface area contributed by atoms with Crippen LogP contribution in [0, 0.1) is 23.7 Å². The van der Waals surface area contributed by atoms with Crippen molar-refractivity contribution in [1.29, 1.82) is 0 Å². The number of carbonyl (C=O) groups excluding carboxylic acids is 2. The number of esters is 1. The first-order chi connectivity index (χ1) is 38.2. The number of rotatable bonds is 7. The summed E-state index contributed by atoms with van der Waals surface area (Å²) < 4.78 is 30.2. The molecule has 2 saturated heterocycles. The molecule has 1 aliphatic carbocycles. The summed E-state index contributed by atoms with van der Waals surface area (Å²) in [6.45, 7) is 7.49. The van der Waals surface area contributed by atoms with Gasteiger partial charge >= 0.3 is 11.9 Å².